The highest BCUT2D eigenvalue weighted by Crippen LogP contribution is 2.22. The molecule has 0 aliphatic heterocycles. The van der Waals surface area contributed by atoms with Crippen molar-refractivity contribution in [2.45, 2.75) is 37.9 Å². The van der Waals surface area contributed by atoms with Crippen LogP contribution in [-0.4, -0.2) is 30.0 Å². The number of esters is 1. The lowest BCUT2D eigenvalue weighted by atomic mass is 10.1. The van der Waals surface area contributed by atoms with Crippen molar-refractivity contribution in [2.24, 2.45) is 5.92 Å². The quantitative estimate of drug-likeness (QED) is 0.515. The largest absolute Gasteiger partial charge is 0.460 e. The lowest BCUT2D eigenvalue weighted by Crippen LogP contribution is -2.38. The van der Waals surface area contributed by atoms with Gasteiger partial charge in [-0.05, 0) is 38.5 Å². The standard InChI is InChI=1S/C22H27NO4S/c1-22(2,3)27-20(24)18(16-28-19-12-8-5-9-13-19)14-23-21(25)26-15-17-10-6-4-7-11-17/h4-13,18H,14-16H2,1-3H3,(H,23,25)/t18-/m1/s1. The molecule has 28 heavy (non-hydrogen) atoms. The Morgan fingerprint density at radius 1 is 1.00 bits per heavy atom. The first-order chi connectivity index (χ1) is 13.3. The fourth-order valence-corrected chi connectivity index (χ4v) is 3.29. The number of rotatable bonds is 8. The number of carbonyl (C=O) groups is 2. The summed E-state index contributed by atoms with van der Waals surface area (Å²) >= 11 is 1.55. The van der Waals surface area contributed by atoms with Gasteiger partial charge >= 0.3 is 12.1 Å². The third kappa shape index (κ3) is 8.48. The molecule has 2 rings (SSSR count). The molecular weight excluding hydrogens is 374 g/mol. The van der Waals surface area contributed by atoms with E-state index in [9.17, 15) is 9.59 Å². The van der Waals surface area contributed by atoms with E-state index < -0.39 is 17.6 Å². The van der Waals surface area contributed by atoms with Crippen LogP contribution in [0.15, 0.2) is 65.6 Å². The summed E-state index contributed by atoms with van der Waals surface area (Å²) in [7, 11) is 0. The van der Waals surface area contributed by atoms with E-state index >= 15 is 0 Å². The summed E-state index contributed by atoms with van der Waals surface area (Å²) < 4.78 is 10.7. The van der Waals surface area contributed by atoms with Gasteiger partial charge in [-0.15, -0.1) is 11.8 Å². The molecule has 1 N–H and O–H groups in total. The maximum atomic E-state index is 12.5. The molecule has 0 unspecified atom stereocenters. The summed E-state index contributed by atoms with van der Waals surface area (Å²) in [4.78, 5) is 25.6. The Labute approximate surface area is 170 Å². The Balaban J connectivity index is 1.88. The van der Waals surface area contributed by atoms with E-state index in [4.69, 9.17) is 9.47 Å². The summed E-state index contributed by atoms with van der Waals surface area (Å²) in [6, 6.07) is 19.2. The van der Waals surface area contributed by atoms with Crippen molar-refractivity contribution in [2.75, 3.05) is 12.3 Å². The molecule has 0 saturated carbocycles. The fraction of sp³-hybridized carbons (Fsp3) is 0.364. The topological polar surface area (TPSA) is 64.6 Å². The Hall–Kier alpha value is -2.47. The molecule has 0 aliphatic rings. The van der Waals surface area contributed by atoms with Crippen LogP contribution in [0.5, 0.6) is 0 Å². The SMILES string of the molecule is CC(C)(C)OC(=O)[C@H](CNC(=O)OCc1ccccc1)CSc1ccccc1. The molecule has 0 radical (unpaired) electrons. The smallest absolute Gasteiger partial charge is 0.407 e. The number of nitrogens with one attached hydrogen (secondary N) is 1. The Bertz CT molecular complexity index is 744. The minimum atomic E-state index is -0.583. The number of hydrogen-bond acceptors (Lipinski definition) is 5. The summed E-state index contributed by atoms with van der Waals surface area (Å²) in [6.07, 6.45) is -0.554. The number of carbonyl (C=O) groups excluding carboxylic acids is 2. The molecule has 0 bridgehead atoms. The highest BCUT2D eigenvalue weighted by atomic mass is 32.2. The molecule has 2 aromatic rings. The van der Waals surface area contributed by atoms with E-state index in [0.717, 1.165) is 10.5 Å². The fourth-order valence-electron chi connectivity index (χ4n) is 2.29. The first-order valence-corrected chi connectivity index (χ1v) is 10.2. The lowest BCUT2D eigenvalue weighted by molar-refractivity contribution is -0.158. The van der Waals surface area contributed by atoms with Crippen LogP contribution in [0, 0.1) is 5.92 Å². The van der Waals surface area contributed by atoms with E-state index in [-0.39, 0.29) is 19.1 Å². The Morgan fingerprint density at radius 2 is 1.61 bits per heavy atom. The molecule has 0 fully saturated rings. The second-order valence-corrected chi connectivity index (χ2v) is 8.39. The van der Waals surface area contributed by atoms with E-state index in [1.807, 2.05) is 81.4 Å². The maximum Gasteiger partial charge on any atom is 0.407 e. The maximum absolute atomic E-state index is 12.5. The highest BCUT2D eigenvalue weighted by molar-refractivity contribution is 7.99. The van der Waals surface area contributed by atoms with Crippen LogP contribution in [0.3, 0.4) is 0 Å². The van der Waals surface area contributed by atoms with Crippen molar-refractivity contribution in [1.82, 2.24) is 5.32 Å². The molecule has 5 nitrogen and oxygen atoms in total. The van der Waals surface area contributed by atoms with Crippen LogP contribution >= 0.6 is 11.8 Å². The zero-order chi connectivity index (χ0) is 20.4. The Morgan fingerprint density at radius 3 is 2.21 bits per heavy atom. The molecule has 0 aromatic heterocycles. The van der Waals surface area contributed by atoms with Gasteiger partial charge in [-0.25, -0.2) is 4.79 Å². The van der Waals surface area contributed by atoms with Gasteiger partial charge in [0, 0.05) is 17.2 Å². The van der Waals surface area contributed by atoms with Crippen molar-refractivity contribution in [3.05, 3.63) is 66.2 Å². The van der Waals surface area contributed by atoms with E-state index in [1.54, 1.807) is 11.8 Å². The average Bonchev–Trinajstić information content (AvgIpc) is 2.66. The van der Waals surface area contributed by atoms with E-state index in [1.165, 1.54) is 0 Å². The highest BCUT2D eigenvalue weighted by Gasteiger charge is 2.26. The summed E-state index contributed by atoms with van der Waals surface area (Å²) in [5, 5.41) is 2.68. The number of benzene rings is 2. The van der Waals surface area contributed by atoms with Crippen molar-refractivity contribution < 1.29 is 19.1 Å². The summed E-state index contributed by atoms with van der Waals surface area (Å²) in [5.74, 6) is -0.314. The third-order valence-electron chi connectivity index (χ3n) is 3.64. The van der Waals surface area contributed by atoms with Crippen LogP contribution in [0.2, 0.25) is 0 Å². The minimum absolute atomic E-state index is 0.155. The van der Waals surface area contributed by atoms with Crippen LogP contribution in [0.25, 0.3) is 0 Å². The Kier molecular flexibility index (Phi) is 8.39. The average molecular weight is 402 g/mol. The predicted molar refractivity (Wildman–Crippen MR) is 111 cm³/mol. The summed E-state index contributed by atoms with van der Waals surface area (Å²) in [5.41, 5.74) is 0.321. The van der Waals surface area contributed by atoms with Crippen LogP contribution in [0.1, 0.15) is 26.3 Å². The van der Waals surface area contributed by atoms with Crippen molar-refractivity contribution >= 4 is 23.8 Å². The van der Waals surface area contributed by atoms with Gasteiger partial charge in [-0.3, -0.25) is 4.79 Å². The number of thioether (sulfide) groups is 1. The molecule has 1 amide bonds. The zero-order valence-corrected chi connectivity index (χ0v) is 17.3. The minimum Gasteiger partial charge on any atom is -0.460 e. The van der Waals surface area contributed by atoms with Gasteiger partial charge in [-0.1, -0.05) is 48.5 Å². The molecule has 150 valence electrons. The van der Waals surface area contributed by atoms with Crippen LogP contribution < -0.4 is 5.32 Å². The van der Waals surface area contributed by atoms with Gasteiger partial charge in [0.15, 0.2) is 0 Å². The second kappa shape index (κ2) is 10.8. The predicted octanol–water partition coefficient (Wildman–Crippen LogP) is 4.66. The normalized spacial score (nSPS) is 12.1. The van der Waals surface area contributed by atoms with Gasteiger partial charge < -0.3 is 14.8 Å². The van der Waals surface area contributed by atoms with Crippen LogP contribution in [-0.2, 0) is 20.9 Å². The van der Waals surface area contributed by atoms with Gasteiger partial charge in [-0.2, -0.15) is 0 Å². The third-order valence-corrected chi connectivity index (χ3v) is 4.81. The van der Waals surface area contributed by atoms with Gasteiger partial charge in [0.2, 0.25) is 0 Å². The number of ether oxygens (including phenoxy) is 2. The van der Waals surface area contributed by atoms with Gasteiger partial charge in [0.05, 0.1) is 5.92 Å². The van der Waals surface area contributed by atoms with Gasteiger partial charge in [0.25, 0.3) is 0 Å². The molecule has 0 heterocycles. The summed E-state index contributed by atoms with van der Waals surface area (Å²) in [6.45, 7) is 5.82. The van der Waals surface area contributed by atoms with Gasteiger partial charge in [0.1, 0.15) is 12.2 Å². The van der Waals surface area contributed by atoms with E-state index in [2.05, 4.69) is 5.32 Å². The molecule has 2 aromatic carbocycles. The van der Waals surface area contributed by atoms with Crippen molar-refractivity contribution in [1.29, 1.82) is 0 Å². The van der Waals surface area contributed by atoms with Crippen molar-refractivity contribution in [3.63, 3.8) is 0 Å². The zero-order valence-electron chi connectivity index (χ0n) is 16.5. The number of amides is 1. The van der Waals surface area contributed by atoms with Crippen molar-refractivity contribution in [3.8, 4) is 0 Å². The monoisotopic (exact) mass is 401 g/mol. The number of hydrogen-bond donors (Lipinski definition) is 1. The molecular formula is C22H27NO4S. The van der Waals surface area contributed by atoms with Crippen LogP contribution in [0.4, 0.5) is 4.79 Å². The van der Waals surface area contributed by atoms with E-state index in [0.29, 0.717) is 5.75 Å². The first kappa shape index (κ1) is 21.8. The molecule has 0 saturated heterocycles. The lowest BCUT2D eigenvalue weighted by Gasteiger charge is -2.24. The molecule has 0 spiro atoms. The molecule has 6 heteroatoms. The molecule has 1 atom stereocenters. The second-order valence-electron chi connectivity index (χ2n) is 7.30. The first-order valence-electron chi connectivity index (χ1n) is 9.19. The number of alkyl carbamates (subject to hydrolysis) is 1. The molecule has 0 aliphatic carbocycles.